The maximum Gasteiger partial charge on any atom is 0.134 e. The highest BCUT2D eigenvalue weighted by Gasteiger charge is 2.36. The molecule has 0 saturated heterocycles. The number of rotatable bonds is 2. The molecule has 0 radical (unpaired) electrons. The van der Waals surface area contributed by atoms with Crippen molar-refractivity contribution in [2.45, 2.75) is 42.9 Å². The first kappa shape index (κ1) is 14.0. The van der Waals surface area contributed by atoms with Crippen LogP contribution in [-0.2, 0) is 0 Å². The number of fused-ring (bicyclic) bond motifs is 4. The van der Waals surface area contributed by atoms with Crippen LogP contribution in [0.3, 0.4) is 0 Å². The summed E-state index contributed by atoms with van der Waals surface area (Å²) in [6.45, 7) is 4.51. The van der Waals surface area contributed by atoms with Crippen LogP contribution in [0.15, 0.2) is 64.6 Å². The summed E-state index contributed by atoms with van der Waals surface area (Å²) < 4.78 is 6.29. The molecule has 2 aliphatic rings. The number of thioether (sulfide) groups is 1. The zero-order valence-corrected chi connectivity index (χ0v) is 13.8. The third-order valence-electron chi connectivity index (χ3n) is 4.68. The second kappa shape index (κ2) is 5.51. The first-order valence-electron chi connectivity index (χ1n) is 8.07. The summed E-state index contributed by atoms with van der Waals surface area (Å²) in [5.74, 6) is 1.03. The minimum Gasteiger partial charge on any atom is -0.484 e. The van der Waals surface area contributed by atoms with E-state index in [0.29, 0.717) is 5.25 Å². The molecule has 2 atom stereocenters. The number of hydrogen-bond acceptors (Lipinski definition) is 2. The second-order valence-electron chi connectivity index (χ2n) is 5.86. The van der Waals surface area contributed by atoms with Crippen molar-refractivity contribution in [3.63, 3.8) is 0 Å². The molecular formula is C20H20OS. The molecule has 0 N–H and O–H groups in total. The van der Waals surface area contributed by atoms with Crippen LogP contribution in [0, 0.1) is 0 Å². The van der Waals surface area contributed by atoms with Gasteiger partial charge in [0.2, 0.25) is 0 Å². The van der Waals surface area contributed by atoms with Crippen molar-refractivity contribution in [3.8, 4) is 5.75 Å². The first-order valence-corrected chi connectivity index (χ1v) is 8.95. The molecule has 0 spiro atoms. The van der Waals surface area contributed by atoms with E-state index in [4.69, 9.17) is 4.74 Å². The zero-order valence-electron chi connectivity index (χ0n) is 13.0. The lowest BCUT2D eigenvalue weighted by Gasteiger charge is -2.30. The number of hydrogen-bond donors (Lipinski definition) is 0. The maximum absolute atomic E-state index is 6.29. The van der Waals surface area contributed by atoms with E-state index in [9.17, 15) is 0 Å². The molecule has 2 aromatic rings. The van der Waals surface area contributed by atoms with E-state index in [0.717, 1.165) is 18.6 Å². The third-order valence-corrected chi connectivity index (χ3v) is 6.12. The predicted octanol–water partition coefficient (Wildman–Crippen LogP) is 5.75. The first-order chi connectivity index (χ1) is 10.8. The minimum absolute atomic E-state index is 0.182. The number of benzene rings is 2. The average Bonchev–Trinajstić information content (AvgIpc) is 2.97. The molecule has 4 rings (SSSR count). The normalized spacial score (nSPS) is 22.4. The lowest BCUT2D eigenvalue weighted by Crippen LogP contribution is -2.28. The van der Waals surface area contributed by atoms with E-state index in [1.54, 1.807) is 5.57 Å². The molecule has 22 heavy (non-hydrogen) atoms. The predicted molar refractivity (Wildman–Crippen MR) is 94.8 cm³/mol. The summed E-state index contributed by atoms with van der Waals surface area (Å²) in [7, 11) is 0. The smallest absolute Gasteiger partial charge is 0.134 e. The van der Waals surface area contributed by atoms with Gasteiger partial charge >= 0.3 is 0 Å². The van der Waals surface area contributed by atoms with Crippen molar-refractivity contribution >= 4 is 22.5 Å². The molecule has 0 bridgehead atoms. The Hall–Kier alpha value is -1.67. The van der Waals surface area contributed by atoms with Gasteiger partial charge in [-0.25, -0.2) is 0 Å². The van der Waals surface area contributed by atoms with Gasteiger partial charge in [0.05, 0.1) is 10.1 Å². The van der Waals surface area contributed by atoms with Crippen molar-refractivity contribution in [2.75, 3.05) is 0 Å². The highest BCUT2D eigenvalue weighted by atomic mass is 32.2. The van der Waals surface area contributed by atoms with Crippen LogP contribution in [0.5, 0.6) is 5.75 Å². The van der Waals surface area contributed by atoms with E-state index in [-0.39, 0.29) is 6.10 Å². The quantitative estimate of drug-likeness (QED) is 0.699. The van der Waals surface area contributed by atoms with Gasteiger partial charge in [-0.3, -0.25) is 0 Å². The summed E-state index contributed by atoms with van der Waals surface area (Å²) >= 11 is 1.98. The molecule has 0 saturated carbocycles. The molecule has 1 heterocycles. The molecule has 1 nitrogen and oxygen atoms in total. The Morgan fingerprint density at radius 3 is 2.73 bits per heavy atom. The molecule has 0 fully saturated rings. The van der Waals surface area contributed by atoms with Crippen molar-refractivity contribution in [3.05, 3.63) is 59.7 Å². The van der Waals surface area contributed by atoms with Gasteiger partial charge < -0.3 is 4.74 Å². The fraction of sp³-hybridized carbons (Fsp3) is 0.300. The number of ether oxygens (including phenoxy) is 1. The van der Waals surface area contributed by atoms with Gasteiger partial charge in [0, 0.05) is 0 Å². The van der Waals surface area contributed by atoms with Gasteiger partial charge in [-0.05, 0) is 41.3 Å². The summed E-state index contributed by atoms with van der Waals surface area (Å²) in [4.78, 5) is 1.30. The van der Waals surface area contributed by atoms with Gasteiger partial charge in [0.1, 0.15) is 11.9 Å². The second-order valence-corrected chi connectivity index (χ2v) is 7.01. The highest BCUT2D eigenvalue weighted by Crippen LogP contribution is 2.49. The van der Waals surface area contributed by atoms with Crippen molar-refractivity contribution in [1.29, 1.82) is 0 Å². The third kappa shape index (κ3) is 2.09. The Balaban J connectivity index is 1.82. The van der Waals surface area contributed by atoms with Gasteiger partial charge in [-0.1, -0.05) is 55.8 Å². The molecule has 112 valence electrons. The molecule has 2 aromatic carbocycles. The van der Waals surface area contributed by atoms with E-state index in [2.05, 4.69) is 62.4 Å². The molecule has 2 heteroatoms. The fourth-order valence-corrected chi connectivity index (χ4v) is 4.94. The molecule has 1 aliphatic carbocycles. The summed E-state index contributed by atoms with van der Waals surface area (Å²) in [5.41, 5.74) is 3.04. The number of allylic oxidation sites excluding steroid dienone is 2. The molecule has 0 amide bonds. The Kier molecular flexibility index (Phi) is 3.50. The van der Waals surface area contributed by atoms with Crippen molar-refractivity contribution in [1.82, 2.24) is 0 Å². The highest BCUT2D eigenvalue weighted by molar-refractivity contribution is 8.00. The fourth-order valence-electron chi connectivity index (χ4n) is 3.49. The van der Waals surface area contributed by atoms with Crippen LogP contribution in [0.25, 0.3) is 10.8 Å². The Morgan fingerprint density at radius 2 is 1.91 bits per heavy atom. The van der Waals surface area contributed by atoms with Crippen molar-refractivity contribution < 1.29 is 4.74 Å². The van der Waals surface area contributed by atoms with E-state index >= 15 is 0 Å². The summed E-state index contributed by atoms with van der Waals surface area (Å²) in [5, 5.41) is 3.01. The van der Waals surface area contributed by atoms with E-state index < -0.39 is 0 Å². The summed E-state index contributed by atoms with van der Waals surface area (Å²) in [6.07, 6.45) is 6.96. The van der Waals surface area contributed by atoms with E-state index in [1.807, 2.05) is 11.8 Å². The van der Waals surface area contributed by atoms with Gasteiger partial charge in [0.25, 0.3) is 0 Å². The van der Waals surface area contributed by atoms with Crippen LogP contribution in [0.4, 0.5) is 0 Å². The molecule has 0 unspecified atom stereocenters. The van der Waals surface area contributed by atoms with Gasteiger partial charge in [0.15, 0.2) is 0 Å². The average molecular weight is 308 g/mol. The Bertz CT molecular complexity index is 781. The van der Waals surface area contributed by atoms with Gasteiger partial charge in [-0.2, -0.15) is 0 Å². The van der Waals surface area contributed by atoms with Crippen LogP contribution in [0.2, 0.25) is 0 Å². The van der Waals surface area contributed by atoms with Crippen LogP contribution in [-0.4, -0.2) is 11.4 Å². The minimum atomic E-state index is 0.182. The Labute approximate surface area is 136 Å². The topological polar surface area (TPSA) is 9.23 Å². The zero-order chi connectivity index (χ0) is 15.1. The lowest BCUT2D eigenvalue weighted by atomic mass is 10.0. The lowest BCUT2D eigenvalue weighted by molar-refractivity contribution is 0.249. The van der Waals surface area contributed by atoms with E-state index in [1.165, 1.54) is 21.2 Å². The SMILES string of the molecule is CCC(CC)=C1C=C[C@H]2Oc3ccc4ccccc4c3S[C@@H]12. The summed E-state index contributed by atoms with van der Waals surface area (Å²) in [6, 6.07) is 12.9. The van der Waals surface area contributed by atoms with Crippen LogP contribution >= 0.6 is 11.8 Å². The Morgan fingerprint density at radius 1 is 1.09 bits per heavy atom. The van der Waals surface area contributed by atoms with Gasteiger partial charge in [-0.15, -0.1) is 11.8 Å². The van der Waals surface area contributed by atoms with Crippen LogP contribution in [0.1, 0.15) is 26.7 Å². The molecular weight excluding hydrogens is 288 g/mol. The maximum atomic E-state index is 6.29. The monoisotopic (exact) mass is 308 g/mol. The standard InChI is InChI=1S/C20H20OS/c1-3-13(4-2)16-10-12-18-20(16)22-19-15-8-6-5-7-14(15)9-11-17(19)21-18/h5-12,18,20H,3-4H2,1-2H3/t18-,20+/m1/s1. The molecule has 1 aliphatic heterocycles. The largest absolute Gasteiger partial charge is 0.484 e. The molecule has 0 aromatic heterocycles. The van der Waals surface area contributed by atoms with Crippen LogP contribution < -0.4 is 4.74 Å². The van der Waals surface area contributed by atoms with Crippen molar-refractivity contribution in [2.24, 2.45) is 0 Å².